The summed E-state index contributed by atoms with van der Waals surface area (Å²) in [6.07, 6.45) is 1.47. The Morgan fingerprint density at radius 2 is 1.82 bits per heavy atom. The van der Waals surface area contributed by atoms with Crippen molar-refractivity contribution >= 4 is 23.4 Å². The molecule has 0 spiro atoms. The standard InChI is InChI=1S/C22H25N3O3/c1-3-23-21(27)19-11-6-12-25(19)22(28)17-9-5-10-18(14-17)24-20(26)16-8-4-7-15(2)13-16/h4-5,7-10,13-14,19H,3,6,11-12H2,1-2H3,(H,23,27)(H,24,26)/t19-/m1/s1. The monoisotopic (exact) mass is 379 g/mol. The van der Waals surface area contributed by atoms with Crippen molar-refractivity contribution in [2.75, 3.05) is 18.4 Å². The molecule has 0 radical (unpaired) electrons. The second-order valence-corrected chi connectivity index (χ2v) is 6.96. The number of anilines is 1. The minimum atomic E-state index is -0.432. The Hall–Kier alpha value is -3.15. The van der Waals surface area contributed by atoms with E-state index >= 15 is 0 Å². The van der Waals surface area contributed by atoms with Crippen LogP contribution in [0.15, 0.2) is 48.5 Å². The number of carbonyl (C=O) groups is 3. The summed E-state index contributed by atoms with van der Waals surface area (Å²) in [6, 6.07) is 13.7. The second kappa shape index (κ2) is 8.69. The van der Waals surface area contributed by atoms with Crippen LogP contribution in [0.4, 0.5) is 5.69 Å². The number of amides is 3. The van der Waals surface area contributed by atoms with Gasteiger partial charge >= 0.3 is 0 Å². The molecule has 2 aromatic rings. The molecule has 3 amide bonds. The number of carbonyl (C=O) groups excluding carboxylic acids is 3. The van der Waals surface area contributed by atoms with Gasteiger partial charge in [-0.15, -0.1) is 0 Å². The van der Waals surface area contributed by atoms with Crippen molar-refractivity contribution in [1.29, 1.82) is 0 Å². The first kappa shape index (κ1) is 19.6. The number of hydrogen-bond donors (Lipinski definition) is 2. The summed E-state index contributed by atoms with van der Waals surface area (Å²) in [5.41, 5.74) is 2.57. The molecule has 0 bridgehead atoms. The van der Waals surface area contributed by atoms with Gasteiger partial charge in [-0.2, -0.15) is 0 Å². The largest absolute Gasteiger partial charge is 0.355 e. The summed E-state index contributed by atoms with van der Waals surface area (Å²) in [4.78, 5) is 39.3. The van der Waals surface area contributed by atoms with Crippen LogP contribution in [0.2, 0.25) is 0 Å². The molecule has 1 fully saturated rings. The van der Waals surface area contributed by atoms with Gasteiger partial charge in [0.15, 0.2) is 0 Å². The number of benzene rings is 2. The third-order valence-corrected chi connectivity index (χ3v) is 4.81. The Bertz CT molecular complexity index is 894. The Balaban J connectivity index is 1.74. The molecular formula is C22H25N3O3. The van der Waals surface area contributed by atoms with E-state index in [9.17, 15) is 14.4 Å². The molecule has 0 aromatic heterocycles. The molecule has 2 aromatic carbocycles. The highest BCUT2D eigenvalue weighted by Gasteiger charge is 2.34. The maximum atomic E-state index is 13.0. The summed E-state index contributed by atoms with van der Waals surface area (Å²) >= 11 is 0. The van der Waals surface area contributed by atoms with Gasteiger partial charge in [0.25, 0.3) is 11.8 Å². The number of aryl methyl sites for hydroxylation is 1. The zero-order valence-electron chi connectivity index (χ0n) is 16.2. The zero-order valence-corrected chi connectivity index (χ0v) is 16.2. The van der Waals surface area contributed by atoms with Crippen LogP contribution in [0.5, 0.6) is 0 Å². The summed E-state index contributed by atoms with van der Waals surface area (Å²) < 4.78 is 0. The molecule has 1 heterocycles. The first-order valence-corrected chi connectivity index (χ1v) is 9.56. The fourth-order valence-corrected chi connectivity index (χ4v) is 3.46. The highest BCUT2D eigenvalue weighted by Crippen LogP contribution is 2.22. The molecule has 1 saturated heterocycles. The van der Waals surface area contributed by atoms with Gasteiger partial charge in [-0.3, -0.25) is 14.4 Å². The van der Waals surface area contributed by atoms with Crippen LogP contribution in [0.1, 0.15) is 46.0 Å². The lowest BCUT2D eigenvalue weighted by molar-refractivity contribution is -0.124. The van der Waals surface area contributed by atoms with E-state index in [1.54, 1.807) is 35.2 Å². The normalized spacial score (nSPS) is 15.9. The van der Waals surface area contributed by atoms with E-state index in [2.05, 4.69) is 10.6 Å². The predicted molar refractivity (Wildman–Crippen MR) is 108 cm³/mol. The first-order valence-electron chi connectivity index (χ1n) is 9.56. The molecule has 6 nitrogen and oxygen atoms in total. The molecule has 1 aliphatic heterocycles. The highest BCUT2D eigenvalue weighted by atomic mass is 16.2. The molecule has 28 heavy (non-hydrogen) atoms. The number of likely N-dealkylation sites (tertiary alicyclic amines) is 1. The number of rotatable bonds is 5. The Labute approximate surface area is 164 Å². The lowest BCUT2D eigenvalue weighted by Crippen LogP contribution is -2.45. The number of likely N-dealkylation sites (N-methyl/N-ethyl adjacent to an activating group) is 1. The van der Waals surface area contributed by atoms with Gasteiger partial charge in [0.2, 0.25) is 5.91 Å². The van der Waals surface area contributed by atoms with Crippen LogP contribution < -0.4 is 10.6 Å². The van der Waals surface area contributed by atoms with Crippen LogP contribution in [-0.2, 0) is 4.79 Å². The van der Waals surface area contributed by atoms with Crippen LogP contribution in [0, 0.1) is 6.92 Å². The van der Waals surface area contributed by atoms with E-state index in [0.717, 1.165) is 12.0 Å². The van der Waals surface area contributed by atoms with Crippen molar-refractivity contribution in [2.45, 2.75) is 32.7 Å². The lowest BCUT2D eigenvalue weighted by atomic mass is 10.1. The average Bonchev–Trinajstić information content (AvgIpc) is 3.18. The summed E-state index contributed by atoms with van der Waals surface area (Å²) in [6.45, 7) is 4.88. The smallest absolute Gasteiger partial charge is 0.255 e. The van der Waals surface area contributed by atoms with Gasteiger partial charge in [-0.25, -0.2) is 0 Å². The fourth-order valence-electron chi connectivity index (χ4n) is 3.46. The molecule has 3 rings (SSSR count). The maximum absolute atomic E-state index is 13.0. The summed E-state index contributed by atoms with van der Waals surface area (Å²) in [5.74, 6) is -0.535. The molecule has 0 aliphatic carbocycles. The van der Waals surface area contributed by atoms with Gasteiger partial charge in [0, 0.05) is 29.9 Å². The average molecular weight is 379 g/mol. The molecule has 2 N–H and O–H groups in total. The van der Waals surface area contributed by atoms with E-state index in [1.165, 1.54) is 0 Å². The SMILES string of the molecule is CCNC(=O)[C@H]1CCCN1C(=O)c1cccc(NC(=O)c2cccc(C)c2)c1. The third-order valence-electron chi connectivity index (χ3n) is 4.81. The Kier molecular flexibility index (Phi) is 6.09. The third kappa shape index (κ3) is 4.39. The Morgan fingerprint density at radius 1 is 1.07 bits per heavy atom. The topological polar surface area (TPSA) is 78.5 Å². The minimum absolute atomic E-state index is 0.114. The van der Waals surface area contributed by atoms with Gasteiger partial charge in [0.1, 0.15) is 6.04 Å². The van der Waals surface area contributed by atoms with Crippen molar-refractivity contribution in [3.8, 4) is 0 Å². The second-order valence-electron chi connectivity index (χ2n) is 6.96. The highest BCUT2D eigenvalue weighted by molar-refractivity contribution is 6.05. The van der Waals surface area contributed by atoms with Crippen LogP contribution in [0.25, 0.3) is 0 Å². The van der Waals surface area contributed by atoms with E-state index in [4.69, 9.17) is 0 Å². The Morgan fingerprint density at radius 3 is 2.57 bits per heavy atom. The number of nitrogens with one attached hydrogen (secondary N) is 2. The first-order chi connectivity index (χ1) is 13.5. The fraction of sp³-hybridized carbons (Fsp3) is 0.318. The van der Waals surface area contributed by atoms with Crippen LogP contribution >= 0.6 is 0 Å². The van der Waals surface area contributed by atoms with Crippen LogP contribution in [-0.4, -0.2) is 41.8 Å². The van der Waals surface area contributed by atoms with Gasteiger partial charge in [0.05, 0.1) is 0 Å². The van der Waals surface area contributed by atoms with Crippen molar-refractivity contribution in [2.24, 2.45) is 0 Å². The van der Waals surface area contributed by atoms with E-state index in [-0.39, 0.29) is 17.7 Å². The molecule has 0 unspecified atom stereocenters. The van der Waals surface area contributed by atoms with Gasteiger partial charge in [-0.1, -0.05) is 23.8 Å². The molecule has 1 atom stereocenters. The summed E-state index contributed by atoms with van der Waals surface area (Å²) in [5, 5.41) is 5.63. The number of nitrogens with zero attached hydrogens (tertiary/aromatic N) is 1. The lowest BCUT2D eigenvalue weighted by Gasteiger charge is -2.24. The summed E-state index contributed by atoms with van der Waals surface area (Å²) in [7, 11) is 0. The van der Waals surface area contributed by atoms with Crippen molar-refractivity contribution < 1.29 is 14.4 Å². The van der Waals surface area contributed by atoms with Gasteiger partial charge in [-0.05, 0) is 57.0 Å². The van der Waals surface area contributed by atoms with Crippen molar-refractivity contribution in [1.82, 2.24) is 10.2 Å². The minimum Gasteiger partial charge on any atom is -0.355 e. The van der Waals surface area contributed by atoms with Crippen molar-refractivity contribution in [3.05, 3.63) is 65.2 Å². The quantitative estimate of drug-likeness (QED) is 0.838. The maximum Gasteiger partial charge on any atom is 0.255 e. The molecule has 0 saturated carbocycles. The van der Waals surface area contributed by atoms with Crippen LogP contribution in [0.3, 0.4) is 0 Å². The molecule has 1 aliphatic rings. The molecule has 6 heteroatoms. The van der Waals surface area contributed by atoms with Crippen molar-refractivity contribution in [3.63, 3.8) is 0 Å². The van der Waals surface area contributed by atoms with E-state index in [1.807, 2.05) is 32.0 Å². The molecular weight excluding hydrogens is 354 g/mol. The predicted octanol–water partition coefficient (Wildman–Crippen LogP) is 2.99. The van der Waals surface area contributed by atoms with Gasteiger partial charge < -0.3 is 15.5 Å². The van der Waals surface area contributed by atoms with E-state index in [0.29, 0.717) is 36.3 Å². The van der Waals surface area contributed by atoms with E-state index < -0.39 is 6.04 Å². The zero-order chi connectivity index (χ0) is 20.1. The molecule has 146 valence electrons. The number of hydrogen-bond acceptors (Lipinski definition) is 3.